The molecule has 2 N–H and O–H groups in total. The van der Waals surface area contributed by atoms with E-state index in [2.05, 4.69) is 0 Å². The number of benzene rings is 1. The standard InChI is InChI=1S/C14H18N2O3.ClH/c15-12-7-4-8-16(14(12)18)9-13(17)19-10-11-5-2-1-3-6-11;/h1-3,5-6,12H,4,7-10,15H2;1H/t12-;/m0./s1. The summed E-state index contributed by atoms with van der Waals surface area (Å²) in [7, 11) is 0. The van der Waals surface area contributed by atoms with Crippen LogP contribution in [0.1, 0.15) is 18.4 Å². The predicted octanol–water partition coefficient (Wildman–Crippen LogP) is 1.10. The lowest BCUT2D eigenvalue weighted by Crippen LogP contribution is -2.50. The van der Waals surface area contributed by atoms with E-state index in [-0.39, 0.29) is 31.5 Å². The third-order valence-electron chi connectivity index (χ3n) is 3.13. The normalized spacial score (nSPS) is 18.4. The van der Waals surface area contributed by atoms with Gasteiger partial charge in [-0.05, 0) is 18.4 Å². The first kappa shape index (κ1) is 16.5. The van der Waals surface area contributed by atoms with Crippen molar-refractivity contribution in [2.24, 2.45) is 5.73 Å². The number of esters is 1. The van der Waals surface area contributed by atoms with Gasteiger partial charge in [-0.1, -0.05) is 30.3 Å². The minimum Gasteiger partial charge on any atom is -0.459 e. The topological polar surface area (TPSA) is 72.6 Å². The zero-order valence-corrected chi connectivity index (χ0v) is 12.0. The smallest absolute Gasteiger partial charge is 0.325 e. The Morgan fingerprint density at radius 3 is 2.75 bits per heavy atom. The summed E-state index contributed by atoms with van der Waals surface area (Å²) in [5, 5.41) is 0. The highest BCUT2D eigenvalue weighted by atomic mass is 35.5. The minimum atomic E-state index is -0.476. The second-order valence-electron chi connectivity index (χ2n) is 4.65. The van der Waals surface area contributed by atoms with E-state index in [4.69, 9.17) is 10.5 Å². The Morgan fingerprint density at radius 2 is 2.05 bits per heavy atom. The molecule has 20 heavy (non-hydrogen) atoms. The molecule has 1 heterocycles. The van der Waals surface area contributed by atoms with E-state index in [1.54, 1.807) is 0 Å². The summed E-state index contributed by atoms with van der Waals surface area (Å²) in [4.78, 5) is 24.9. The summed E-state index contributed by atoms with van der Waals surface area (Å²) in [6.07, 6.45) is 1.52. The highest BCUT2D eigenvalue weighted by Crippen LogP contribution is 2.10. The fourth-order valence-electron chi connectivity index (χ4n) is 2.07. The van der Waals surface area contributed by atoms with E-state index in [0.717, 1.165) is 12.0 Å². The molecule has 0 aliphatic carbocycles. The van der Waals surface area contributed by atoms with Crippen molar-refractivity contribution in [3.8, 4) is 0 Å². The molecule has 0 spiro atoms. The molecule has 1 aromatic carbocycles. The van der Waals surface area contributed by atoms with Gasteiger partial charge in [0.2, 0.25) is 5.91 Å². The van der Waals surface area contributed by atoms with E-state index in [1.165, 1.54) is 4.90 Å². The van der Waals surface area contributed by atoms with Gasteiger partial charge in [-0.2, -0.15) is 0 Å². The first-order chi connectivity index (χ1) is 9.16. The number of piperidine rings is 1. The minimum absolute atomic E-state index is 0. The molecule has 110 valence electrons. The Balaban J connectivity index is 0.00000200. The zero-order valence-electron chi connectivity index (χ0n) is 11.2. The molecule has 0 unspecified atom stereocenters. The Labute approximate surface area is 124 Å². The van der Waals surface area contributed by atoms with Crippen LogP contribution in [0.15, 0.2) is 30.3 Å². The van der Waals surface area contributed by atoms with Gasteiger partial charge in [0.25, 0.3) is 0 Å². The van der Waals surface area contributed by atoms with Crippen molar-refractivity contribution in [1.29, 1.82) is 0 Å². The van der Waals surface area contributed by atoms with Crippen molar-refractivity contribution >= 4 is 24.3 Å². The average molecular weight is 299 g/mol. The lowest BCUT2D eigenvalue weighted by molar-refractivity contribution is -0.151. The maximum absolute atomic E-state index is 11.7. The lowest BCUT2D eigenvalue weighted by Gasteiger charge is -2.29. The Bertz CT molecular complexity index is 453. The highest BCUT2D eigenvalue weighted by Gasteiger charge is 2.27. The van der Waals surface area contributed by atoms with Gasteiger partial charge in [0.1, 0.15) is 13.2 Å². The van der Waals surface area contributed by atoms with Crippen LogP contribution in [-0.4, -0.2) is 35.9 Å². The van der Waals surface area contributed by atoms with Crippen molar-refractivity contribution in [2.75, 3.05) is 13.1 Å². The molecule has 1 aliphatic rings. The molecular weight excluding hydrogens is 280 g/mol. The fourth-order valence-corrected chi connectivity index (χ4v) is 2.07. The third kappa shape index (κ3) is 4.51. The summed E-state index contributed by atoms with van der Waals surface area (Å²) in [5.41, 5.74) is 6.59. The fraction of sp³-hybridized carbons (Fsp3) is 0.429. The number of carbonyl (C=O) groups is 2. The van der Waals surface area contributed by atoms with Crippen molar-refractivity contribution in [3.63, 3.8) is 0 Å². The van der Waals surface area contributed by atoms with Crippen LogP contribution in [-0.2, 0) is 20.9 Å². The molecule has 1 fully saturated rings. The second kappa shape index (κ2) is 7.87. The molecule has 1 aliphatic heterocycles. The third-order valence-corrected chi connectivity index (χ3v) is 3.13. The van der Waals surface area contributed by atoms with E-state index < -0.39 is 12.0 Å². The molecule has 0 radical (unpaired) electrons. The van der Waals surface area contributed by atoms with Gasteiger partial charge in [-0.15, -0.1) is 12.4 Å². The molecule has 0 aromatic heterocycles. The number of amides is 1. The van der Waals surface area contributed by atoms with Gasteiger partial charge < -0.3 is 15.4 Å². The molecule has 6 heteroatoms. The summed E-state index contributed by atoms with van der Waals surface area (Å²) in [5.74, 6) is -0.561. The number of carbonyl (C=O) groups excluding carboxylic acids is 2. The van der Waals surface area contributed by atoms with Gasteiger partial charge >= 0.3 is 5.97 Å². The molecule has 0 saturated carbocycles. The van der Waals surface area contributed by atoms with Crippen LogP contribution in [0.2, 0.25) is 0 Å². The first-order valence-electron chi connectivity index (χ1n) is 6.41. The largest absolute Gasteiger partial charge is 0.459 e. The van der Waals surface area contributed by atoms with Gasteiger partial charge in [-0.3, -0.25) is 9.59 Å². The molecule has 5 nitrogen and oxygen atoms in total. The number of nitrogens with zero attached hydrogens (tertiary/aromatic N) is 1. The van der Waals surface area contributed by atoms with Crippen LogP contribution >= 0.6 is 12.4 Å². The molecular formula is C14H19ClN2O3. The Morgan fingerprint density at radius 1 is 1.35 bits per heavy atom. The predicted molar refractivity (Wildman–Crippen MR) is 77.3 cm³/mol. The van der Waals surface area contributed by atoms with Crippen LogP contribution in [0.5, 0.6) is 0 Å². The van der Waals surface area contributed by atoms with E-state index in [0.29, 0.717) is 13.0 Å². The number of hydrogen-bond donors (Lipinski definition) is 1. The number of likely N-dealkylation sites (tertiary alicyclic amines) is 1. The number of rotatable bonds is 4. The SMILES string of the molecule is Cl.N[C@H]1CCCN(CC(=O)OCc2ccccc2)C1=O. The van der Waals surface area contributed by atoms with E-state index in [9.17, 15) is 9.59 Å². The Hall–Kier alpha value is -1.59. The summed E-state index contributed by atoms with van der Waals surface area (Å²) in [6.45, 7) is 0.792. The zero-order chi connectivity index (χ0) is 13.7. The number of halogens is 1. The van der Waals surface area contributed by atoms with E-state index in [1.807, 2.05) is 30.3 Å². The molecule has 2 rings (SSSR count). The molecule has 1 saturated heterocycles. The second-order valence-corrected chi connectivity index (χ2v) is 4.65. The molecule has 1 amide bonds. The van der Waals surface area contributed by atoms with Crippen LogP contribution in [0.4, 0.5) is 0 Å². The number of nitrogens with two attached hydrogens (primary N) is 1. The molecule has 1 atom stereocenters. The van der Waals surface area contributed by atoms with Crippen LogP contribution in [0.25, 0.3) is 0 Å². The molecule has 1 aromatic rings. The van der Waals surface area contributed by atoms with Gasteiger partial charge in [0, 0.05) is 6.54 Å². The van der Waals surface area contributed by atoms with Gasteiger partial charge in [0.15, 0.2) is 0 Å². The quantitative estimate of drug-likeness (QED) is 0.845. The summed E-state index contributed by atoms with van der Waals surface area (Å²) < 4.78 is 5.14. The van der Waals surface area contributed by atoms with Crippen molar-refractivity contribution in [1.82, 2.24) is 4.90 Å². The van der Waals surface area contributed by atoms with Gasteiger partial charge in [0.05, 0.1) is 6.04 Å². The van der Waals surface area contributed by atoms with Crippen molar-refractivity contribution < 1.29 is 14.3 Å². The van der Waals surface area contributed by atoms with Crippen LogP contribution in [0.3, 0.4) is 0 Å². The summed E-state index contributed by atoms with van der Waals surface area (Å²) in [6, 6.07) is 8.96. The maximum atomic E-state index is 11.7. The van der Waals surface area contributed by atoms with Crippen molar-refractivity contribution in [3.05, 3.63) is 35.9 Å². The highest BCUT2D eigenvalue weighted by molar-refractivity contribution is 5.86. The van der Waals surface area contributed by atoms with E-state index >= 15 is 0 Å². The molecule has 0 bridgehead atoms. The maximum Gasteiger partial charge on any atom is 0.325 e. The lowest BCUT2D eigenvalue weighted by atomic mass is 10.1. The number of ether oxygens (including phenoxy) is 1. The first-order valence-corrected chi connectivity index (χ1v) is 6.41. The summed E-state index contributed by atoms with van der Waals surface area (Å²) >= 11 is 0. The average Bonchev–Trinajstić information content (AvgIpc) is 2.43. The Kier molecular flexibility index (Phi) is 6.48. The van der Waals surface area contributed by atoms with Gasteiger partial charge in [-0.25, -0.2) is 0 Å². The monoisotopic (exact) mass is 298 g/mol. The van der Waals surface area contributed by atoms with Crippen LogP contribution in [0, 0.1) is 0 Å². The van der Waals surface area contributed by atoms with Crippen LogP contribution < -0.4 is 5.73 Å². The number of hydrogen-bond acceptors (Lipinski definition) is 4. The van der Waals surface area contributed by atoms with Crippen molar-refractivity contribution in [2.45, 2.75) is 25.5 Å².